The Morgan fingerprint density at radius 2 is 2.00 bits per heavy atom. The van der Waals surface area contributed by atoms with Crippen molar-refractivity contribution in [1.29, 1.82) is 0 Å². The second-order valence-electron chi connectivity index (χ2n) is 6.60. The molecule has 26 heavy (non-hydrogen) atoms. The molecule has 0 radical (unpaired) electrons. The topological polar surface area (TPSA) is 92.8 Å². The molecule has 1 N–H and O–H groups in total. The summed E-state index contributed by atoms with van der Waals surface area (Å²) in [6.07, 6.45) is 1.57. The number of hydrogen-bond donors (Lipinski definition) is 1. The van der Waals surface area contributed by atoms with Gasteiger partial charge in [-0.3, -0.25) is 9.59 Å². The largest absolute Gasteiger partial charge is 0.464 e. The van der Waals surface area contributed by atoms with Crippen LogP contribution in [0.5, 0.6) is 0 Å². The molecule has 3 aromatic rings. The molecule has 2 aromatic heterocycles. The molecule has 1 saturated heterocycles. The van der Waals surface area contributed by atoms with Crippen LogP contribution in [-0.4, -0.2) is 36.3 Å². The first kappa shape index (κ1) is 16.4. The average molecular weight is 354 g/mol. The van der Waals surface area contributed by atoms with Crippen LogP contribution in [0.3, 0.4) is 0 Å². The van der Waals surface area contributed by atoms with Gasteiger partial charge in [-0.05, 0) is 31.0 Å². The minimum Gasteiger partial charge on any atom is -0.464 e. The van der Waals surface area contributed by atoms with Crippen molar-refractivity contribution in [2.45, 2.75) is 20.3 Å². The lowest BCUT2D eigenvalue weighted by atomic mass is 10.0. The Hall–Kier alpha value is -3.09. The second kappa shape index (κ2) is 6.01. The van der Waals surface area contributed by atoms with Gasteiger partial charge in [0.15, 0.2) is 0 Å². The number of carbonyl (C=O) groups is 2. The van der Waals surface area contributed by atoms with Crippen LogP contribution in [0.2, 0.25) is 0 Å². The highest BCUT2D eigenvalue weighted by Gasteiger charge is 2.24. The normalized spacial score (nSPS) is 14.8. The van der Waals surface area contributed by atoms with Gasteiger partial charge in [0.2, 0.25) is 11.8 Å². The van der Waals surface area contributed by atoms with Crippen LogP contribution in [0.4, 0.5) is 0 Å². The standard InChI is InChI=1S/C19H18N2O5/c1-10-9-25-15-7-16-13(5-12(10)15)11(2)14(19(24)26-16)6-18(23)21-4-3-20-17(22)8-21/h5,7,9H,3-4,6,8H2,1-2H3,(H,20,22). The minimum atomic E-state index is -0.535. The van der Waals surface area contributed by atoms with Crippen LogP contribution < -0.4 is 10.9 Å². The molecule has 0 spiro atoms. The Balaban J connectivity index is 1.75. The fraction of sp³-hybridized carbons (Fsp3) is 0.316. The number of piperazine rings is 1. The average Bonchev–Trinajstić information content (AvgIpc) is 2.97. The number of amides is 2. The van der Waals surface area contributed by atoms with Gasteiger partial charge < -0.3 is 19.1 Å². The molecule has 0 unspecified atom stereocenters. The van der Waals surface area contributed by atoms with E-state index in [2.05, 4.69) is 5.32 Å². The first-order valence-corrected chi connectivity index (χ1v) is 8.42. The van der Waals surface area contributed by atoms with Gasteiger partial charge in [0, 0.05) is 29.9 Å². The van der Waals surface area contributed by atoms with E-state index in [0.29, 0.717) is 35.4 Å². The van der Waals surface area contributed by atoms with Crippen LogP contribution in [0, 0.1) is 13.8 Å². The molecule has 1 aromatic carbocycles. The third-order valence-corrected chi connectivity index (χ3v) is 4.89. The molecule has 0 atom stereocenters. The van der Waals surface area contributed by atoms with Gasteiger partial charge in [-0.2, -0.15) is 0 Å². The van der Waals surface area contributed by atoms with Crippen molar-refractivity contribution in [3.8, 4) is 0 Å². The SMILES string of the molecule is Cc1coc2cc3oc(=O)c(CC(=O)N4CCNC(=O)C4)c(C)c3cc12. The zero-order valence-corrected chi connectivity index (χ0v) is 14.5. The summed E-state index contributed by atoms with van der Waals surface area (Å²) < 4.78 is 10.9. The minimum absolute atomic E-state index is 0.0195. The molecule has 3 heterocycles. The number of nitrogens with zero attached hydrogens (tertiary/aromatic N) is 1. The molecule has 7 heteroatoms. The molecular weight excluding hydrogens is 336 g/mol. The number of furan rings is 1. The summed E-state index contributed by atoms with van der Waals surface area (Å²) in [7, 11) is 0. The van der Waals surface area contributed by atoms with E-state index in [1.54, 1.807) is 12.3 Å². The summed E-state index contributed by atoms with van der Waals surface area (Å²) in [6.45, 7) is 4.64. The van der Waals surface area contributed by atoms with Gasteiger partial charge >= 0.3 is 5.63 Å². The van der Waals surface area contributed by atoms with E-state index in [1.165, 1.54) is 4.90 Å². The van der Waals surface area contributed by atoms with E-state index < -0.39 is 5.63 Å². The maximum Gasteiger partial charge on any atom is 0.340 e. The smallest absolute Gasteiger partial charge is 0.340 e. The van der Waals surface area contributed by atoms with Crippen molar-refractivity contribution >= 4 is 33.8 Å². The Kier molecular flexibility index (Phi) is 3.79. The van der Waals surface area contributed by atoms with Gasteiger partial charge in [0.25, 0.3) is 0 Å². The maximum atomic E-state index is 12.5. The summed E-state index contributed by atoms with van der Waals surface area (Å²) in [5, 5.41) is 4.40. The van der Waals surface area contributed by atoms with Crippen molar-refractivity contribution in [3.63, 3.8) is 0 Å². The highest BCUT2D eigenvalue weighted by atomic mass is 16.4. The molecule has 7 nitrogen and oxygen atoms in total. The third-order valence-electron chi connectivity index (χ3n) is 4.89. The van der Waals surface area contributed by atoms with Crippen molar-refractivity contribution < 1.29 is 18.4 Å². The first-order valence-electron chi connectivity index (χ1n) is 8.42. The molecular formula is C19H18N2O5. The van der Waals surface area contributed by atoms with Gasteiger partial charge in [-0.1, -0.05) is 0 Å². The molecule has 0 bridgehead atoms. The predicted octanol–water partition coefficient (Wildman–Crippen LogP) is 1.66. The van der Waals surface area contributed by atoms with Gasteiger partial charge in [0.1, 0.15) is 11.2 Å². The molecule has 1 aliphatic rings. The molecule has 4 rings (SSSR count). The summed E-state index contributed by atoms with van der Waals surface area (Å²) >= 11 is 0. The fourth-order valence-corrected chi connectivity index (χ4v) is 3.36. The molecule has 1 aliphatic heterocycles. The van der Waals surface area contributed by atoms with E-state index in [-0.39, 0.29) is 24.8 Å². The summed E-state index contributed by atoms with van der Waals surface area (Å²) in [5.74, 6) is -0.445. The lowest BCUT2D eigenvalue weighted by Crippen LogP contribution is -2.50. The van der Waals surface area contributed by atoms with E-state index in [0.717, 1.165) is 16.3 Å². The predicted molar refractivity (Wildman–Crippen MR) is 95.0 cm³/mol. The molecule has 0 saturated carbocycles. The van der Waals surface area contributed by atoms with E-state index >= 15 is 0 Å². The molecule has 0 aliphatic carbocycles. The van der Waals surface area contributed by atoms with Crippen LogP contribution in [0.1, 0.15) is 16.7 Å². The summed E-state index contributed by atoms with van der Waals surface area (Å²) in [6, 6.07) is 3.62. The van der Waals surface area contributed by atoms with Crippen molar-refractivity contribution in [2.75, 3.05) is 19.6 Å². The van der Waals surface area contributed by atoms with Crippen LogP contribution in [0.15, 0.2) is 32.0 Å². The summed E-state index contributed by atoms with van der Waals surface area (Å²) in [4.78, 5) is 37.9. The highest BCUT2D eigenvalue weighted by molar-refractivity contribution is 5.97. The number of nitrogens with one attached hydrogen (secondary N) is 1. The Morgan fingerprint density at radius 3 is 2.77 bits per heavy atom. The number of aryl methyl sites for hydroxylation is 2. The first-order chi connectivity index (χ1) is 12.4. The Labute approximate surface area is 148 Å². The highest BCUT2D eigenvalue weighted by Crippen LogP contribution is 2.28. The van der Waals surface area contributed by atoms with Crippen molar-refractivity contribution in [1.82, 2.24) is 10.2 Å². The quantitative estimate of drug-likeness (QED) is 0.707. The third kappa shape index (κ3) is 2.65. The zero-order chi connectivity index (χ0) is 18.4. The number of hydrogen-bond acceptors (Lipinski definition) is 5. The number of carbonyl (C=O) groups excluding carboxylic acids is 2. The van der Waals surface area contributed by atoms with Crippen LogP contribution >= 0.6 is 0 Å². The van der Waals surface area contributed by atoms with Gasteiger partial charge in [-0.15, -0.1) is 0 Å². The van der Waals surface area contributed by atoms with Gasteiger partial charge in [0.05, 0.1) is 24.8 Å². The molecule has 1 fully saturated rings. The van der Waals surface area contributed by atoms with Crippen LogP contribution in [0.25, 0.3) is 21.9 Å². The van der Waals surface area contributed by atoms with E-state index in [4.69, 9.17) is 8.83 Å². The number of benzene rings is 1. The fourth-order valence-electron chi connectivity index (χ4n) is 3.36. The van der Waals surface area contributed by atoms with Gasteiger partial charge in [-0.25, -0.2) is 4.79 Å². The van der Waals surface area contributed by atoms with Crippen molar-refractivity contribution in [3.05, 3.63) is 45.5 Å². The Morgan fingerprint density at radius 1 is 1.19 bits per heavy atom. The van der Waals surface area contributed by atoms with E-state index in [1.807, 2.05) is 19.9 Å². The number of rotatable bonds is 2. The summed E-state index contributed by atoms with van der Waals surface area (Å²) in [5.41, 5.74) is 2.59. The number of fused-ring (bicyclic) bond motifs is 2. The Bertz CT molecular complexity index is 1110. The van der Waals surface area contributed by atoms with E-state index in [9.17, 15) is 14.4 Å². The second-order valence-corrected chi connectivity index (χ2v) is 6.60. The molecule has 2 amide bonds. The molecule has 134 valence electrons. The zero-order valence-electron chi connectivity index (χ0n) is 14.5. The lowest BCUT2D eigenvalue weighted by molar-refractivity contribution is -0.137. The van der Waals surface area contributed by atoms with Crippen LogP contribution in [-0.2, 0) is 16.0 Å². The lowest BCUT2D eigenvalue weighted by Gasteiger charge is -2.26. The monoisotopic (exact) mass is 354 g/mol. The maximum absolute atomic E-state index is 12.5. The van der Waals surface area contributed by atoms with Crippen molar-refractivity contribution in [2.24, 2.45) is 0 Å².